The highest BCUT2D eigenvalue weighted by Crippen LogP contribution is 2.36. The molecule has 0 bridgehead atoms. The van der Waals surface area contributed by atoms with Crippen molar-refractivity contribution in [1.29, 1.82) is 0 Å². The fourth-order valence-electron chi connectivity index (χ4n) is 3.19. The molecular formula is C23H20N2O7. The first-order valence-electron chi connectivity index (χ1n) is 9.74. The Morgan fingerprint density at radius 2 is 1.81 bits per heavy atom. The second-order valence-corrected chi connectivity index (χ2v) is 6.98. The van der Waals surface area contributed by atoms with Crippen molar-refractivity contribution >= 4 is 17.3 Å². The number of nitrogens with one attached hydrogen (secondary N) is 1. The van der Waals surface area contributed by atoms with Crippen LogP contribution in [0.1, 0.15) is 6.92 Å². The molecule has 0 radical (unpaired) electrons. The summed E-state index contributed by atoms with van der Waals surface area (Å²) in [4.78, 5) is 23.5. The maximum absolute atomic E-state index is 12.7. The van der Waals surface area contributed by atoms with Crippen molar-refractivity contribution in [3.05, 3.63) is 70.8 Å². The van der Waals surface area contributed by atoms with E-state index in [2.05, 4.69) is 5.32 Å². The largest absolute Gasteiger partial charge is 0.497 e. The number of ether oxygens (including phenoxy) is 4. The van der Waals surface area contributed by atoms with E-state index in [9.17, 15) is 14.9 Å². The molecule has 1 atom stereocenters. The van der Waals surface area contributed by atoms with Gasteiger partial charge >= 0.3 is 0 Å². The van der Waals surface area contributed by atoms with Crippen LogP contribution in [-0.4, -0.2) is 30.8 Å². The number of rotatable bonds is 7. The molecule has 0 saturated carbocycles. The molecule has 9 heteroatoms. The predicted molar refractivity (Wildman–Crippen MR) is 116 cm³/mol. The topological polar surface area (TPSA) is 109 Å². The van der Waals surface area contributed by atoms with Crippen molar-refractivity contribution in [2.75, 3.05) is 19.2 Å². The molecule has 0 fully saturated rings. The van der Waals surface area contributed by atoms with Crippen molar-refractivity contribution in [2.45, 2.75) is 13.0 Å². The minimum absolute atomic E-state index is 0.0827. The number of hydrogen-bond donors (Lipinski definition) is 1. The van der Waals surface area contributed by atoms with Gasteiger partial charge in [-0.05, 0) is 42.8 Å². The van der Waals surface area contributed by atoms with Gasteiger partial charge in [-0.1, -0.05) is 12.1 Å². The van der Waals surface area contributed by atoms with Crippen molar-refractivity contribution in [3.63, 3.8) is 0 Å². The molecular weight excluding hydrogens is 416 g/mol. The summed E-state index contributed by atoms with van der Waals surface area (Å²) in [7, 11) is 1.55. The summed E-state index contributed by atoms with van der Waals surface area (Å²) in [5.41, 5.74) is 1.63. The van der Waals surface area contributed by atoms with Crippen molar-refractivity contribution in [3.8, 4) is 34.1 Å². The van der Waals surface area contributed by atoms with E-state index in [4.69, 9.17) is 18.9 Å². The quantitative estimate of drug-likeness (QED) is 0.432. The molecule has 32 heavy (non-hydrogen) atoms. The number of nitrogens with zero attached hydrogens (tertiary/aromatic N) is 1. The number of fused-ring (bicyclic) bond motifs is 1. The third kappa shape index (κ3) is 4.41. The van der Waals surface area contributed by atoms with Gasteiger partial charge < -0.3 is 24.3 Å². The molecule has 1 N–H and O–H groups in total. The Morgan fingerprint density at radius 1 is 1.06 bits per heavy atom. The Balaban J connectivity index is 1.55. The SMILES string of the molecule is COc1ccc(-c2cc([N+](=O)[O-])ccc2O[C@H](C)C(=O)Nc2ccc3c(c2)OCO3)cc1. The number of nitro benzene ring substituents is 1. The van der Waals surface area contributed by atoms with Crippen LogP contribution in [0.2, 0.25) is 0 Å². The van der Waals surface area contributed by atoms with Crippen molar-refractivity contribution in [2.24, 2.45) is 0 Å². The summed E-state index contributed by atoms with van der Waals surface area (Å²) < 4.78 is 21.6. The average molecular weight is 436 g/mol. The van der Waals surface area contributed by atoms with Gasteiger partial charge in [0.1, 0.15) is 11.5 Å². The number of non-ortho nitro benzene ring substituents is 1. The van der Waals surface area contributed by atoms with Gasteiger partial charge in [0.25, 0.3) is 11.6 Å². The summed E-state index contributed by atoms with van der Waals surface area (Å²) >= 11 is 0. The maximum atomic E-state index is 12.7. The van der Waals surface area contributed by atoms with Gasteiger partial charge in [-0.3, -0.25) is 14.9 Å². The Hall–Kier alpha value is -4.27. The van der Waals surface area contributed by atoms with Crippen LogP contribution in [0.4, 0.5) is 11.4 Å². The average Bonchev–Trinajstić information content (AvgIpc) is 3.27. The number of anilines is 1. The smallest absolute Gasteiger partial charge is 0.270 e. The van der Waals surface area contributed by atoms with Crippen molar-refractivity contribution in [1.82, 2.24) is 0 Å². The van der Waals surface area contributed by atoms with Crippen LogP contribution < -0.4 is 24.3 Å². The molecule has 1 aliphatic heterocycles. The molecule has 0 aliphatic carbocycles. The highest BCUT2D eigenvalue weighted by Gasteiger charge is 2.21. The number of carbonyl (C=O) groups is 1. The first kappa shape index (κ1) is 21.0. The van der Waals surface area contributed by atoms with E-state index in [0.717, 1.165) is 0 Å². The van der Waals surface area contributed by atoms with Crippen LogP contribution in [-0.2, 0) is 4.79 Å². The van der Waals surface area contributed by atoms with Crippen molar-refractivity contribution < 1.29 is 28.7 Å². The lowest BCUT2D eigenvalue weighted by Gasteiger charge is -2.18. The van der Waals surface area contributed by atoms with Gasteiger partial charge in [-0.2, -0.15) is 0 Å². The van der Waals surface area contributed by atoms with Gasteiger partial charge in [-0.15, -0.1) is 0 Å². The van der Waals surface area contributed by atoms with E-state index in [1.54, 1.807) is 56.5 Å². The lowest BCUT2D eigenvalue weighted by atomic mass is 10.0. The first-order valence-corrected chi connectivity index (χ1v) is 9.74. The highest BCUT2D eigenvalue weighted by molar-refractivity contribution is 5.94. The Morgan fingerprint density at radius 3 is 2.53 bits per heavy atom. The normalized spacial score (nSPS) is 12.7. The van der Waals surface area contributed by atoms with E-state index >= 15 is 0 Å². The zero-order valence-corrected chi connectivity index (χ0v) is 17.4. The molecule has 3 aromatic rings. The van der Waals surface area contributed by atoms with E-state index < -0.39 is 11.0 Å². The lowest BCUT2D eigenvalue weighted by molar-refractivity contribution is -0.384. The second kappa shape index (κ2) is 8.84. The fraction of sp³-hybridized carbons (Fsp3) is 0.174. The predicted octanol–water partition coefficient (Wildman–Crippen LogP) is 4.41. The number of hydrogen-bond acceptors (Lipinski definition) is 7. The van der Waals surface area contributed by atoms with Gasteiger partial charge in [0, 0.05) is 29.4 Å². The Kier molecular flexibility index (Phi) is 5.80. The summed E-state index contributed by atoms with van der Waals surface area (Å²) in [6.07, 6.45) is -0.876. The molecule has 9 nitrogen and oxygen atoms in total. The van der Waals surface area contributed by atoms with Gasteiger partial charge in [0.2, 0.25) is 6.79 Å². The second-order valence-electron chi connectivity index (χ2n) is 6.98. The van der Waals surface area contributed by atoms with Gasteiger partial charge in [-0.25, -0.2) is 0 Å². The number of carbonyl (C=O) groups excluding carboxylic acids is 1. The fourth-order valence-corrected chi connectivity index (χ4v) is 3.19. The molecule has 1 amide bonds. The maximum Gasteiger partial charge on any atom is 0.270 e. The van der Waals surface area contributed by atoms with Crippen LogP contribution in [0.3, 0.4) is 0 Å². The van der Waals surface area contributed by atoms with E-state index in [-0.39, 0.29) is 18.4 Å². The van der Waals surface area contributed by atoms with Crippen LogP contribution in [0.25, 0.3) is 11.1 Å². The number of benzene rings is 3. The number of amides is 1. The van der Waals surface area contributed by atoms with Gasteiger partial charge in [0.05, 0.1) is 12.0 Å². The molecule has 164 valence electrons. The standard InChI is InChI=1S/C23H20N2O7/c1-14(23(26)24-16-5-9-21-22(11-16)31-13-30-21)32-20-10-6-17(25(27)28)12-19(20)15-3-7-18(29-2)8-4-15/h3-12,14H,13H2,1-2H3,(H,24,26)/t14-/m1/s1. The minimum atomic E-state index is -0.876. The zero-order valence-electron chi connectivity index (χ0n) is 17.4. The van der Waals surface area contributed by atoms with Crippen LogP contribution in [0.15, 0.2) is 60.7 Å². The summed E-state index contributed by atoms with van der Waals surface area (Å²) in [5.74, 6) is 1.77. The van der Waals surface area contributed by atoms with E-state index in [1.165, 1.54) is 18.2 Å². The lowest BCUT2D eigenvalue weighted by Crippen LogP contribution is -2.30. The molecule has 3 aromatic carbocycles. The van der Waals surface area contributed by atoms with Crippen LogP contribution in [0.5, 0.6) is 23.0 Å². The molecule has 0 saturated heterocycles. The monoisotopic (exact) mass is 436 g/mol. The van der Waals surface area contributed by atoms with E-state index in [1.807, 2.05) is 0 Å². The molecule has 0 unspecified atom stereocenters. The third-order valence-corrected chi connectivity index (χ3v) is 4.89. The third-order valence-electron chi connectivity index (χ3n) is 4.89. The zero-order chi connectivity index (χ0) is 22.7. The Labute approximate surface area is 183 Å². The summed E-state index contributed by atoms with van der Waals surface area (Å²) in [5, 5.41) is 14.0. The summed E-state index contributed by atoms with van der Waals surface area (Å²) in [6.45, 7) is 1.74. The minimum Gasteiger partial charge on any atom is -0.497 e. The molecule has 0 spiro atoms. The van der Waals surface area contributed by atoms with Gasteiger partial charge in [0.15, 0.2) is 17.6 Å². The highest BCUT2D eigenvalue weighted by atomic mass is 16.7. The molecule has 1 aliphatic rings. The Bertz CT molecular complexity index is 1160. The molecule has 4 rings (SSSR count). The molecule has 1 heterocycles. The first-order chi connectivity index (χ1) is 15.4. The molecule has 0 aromatic heterocycles. The van der Waals surface area contributed by atoms with Crippen LogP contribution >= 0.6 is 0 Å². The van der Waals surface area contributed by atoms with E-state index in [0.29, 0.717) is 39.8 Å². The number of methoxy groups -OCH3 is 1. The summed E-state index contributed by atoms with van der Waals surface area (Å²) in [6, 6.07) is 16.3. The van der Waals surface area contributed by atoms with Crippen LogP contribution in [0, 0.1) is 10.1 Å². The number of nitro groups is 1.